The molecule has 0 saturated carbocycles. The van der Waals surface area contributed by atoms with Gasteiger partial charge in [0.15, 0.2) is 0 Å². The second kappa shape index (κ2) is 6.69. The molecular formula is C15H12ClN3O3S. The first-order valence-corrected chi connectivity index (χ1v) is 8.64. The van der Waals surface area contributed by atoms with Gasteiger partial charge in [0, 0.05) is 10.7 Å². The maximum absolute atomic E-state index is 12.4. The van der Waals surface area contributed by atoms with Crippen LogP contribution in [0.4, 0.5) is 11.4 Å². The third-order valence-corrected chi connectivity index (χ3v) is 3.62. The van der Waals surface area contributed by atoms with Crippen LogP contribution in [0, 0.1) is 11.3 Å². The maximum Gasteiger partial charge on any atom is 0.257 e. The third-order valence-electron chi connectivity index (χ3n) is 2.79. The first-order valence-electron chi connectivity index (χ1n) is 6.37. The zero-order chi connectivity index (χ0) is 17.0. The Morgan fingerprint density at radius 1 is 1.17 bits per heavy atom. The van der Waals surface area contributed by atoms with Crippen LogP contribution in [0.2, 0.25) is 5.02 Å². The number of nitrogens with one attached hydrogen (secondary N) is 2. The van der Waals surface area contributed by atoms with Crippen molar-refractivity contribution in [1.29, 1.82) is 5.26 Å². The molecule has 0 aromatic heterocycles. The minimum Gasteiger partial charge on any atom is -0.322 e. The van der Waals surface area contributed by atoms with E-state index in [-0.39, 0.29) is 11.3 Å². The van der Waals surface area contributed by atoms with E-state index < -0.39 is 15.9 Å². The molecule has 0 aliphatic carbocycles. The second-order valence-electron chi connectivity index (χ2n) is 4.71. The molecule has 2 N–H and O–H groups in total. The van der Waals surface area contributed by atoms with E-state index in [9.17, 15) is 13.2 Å². The lowest BCUT2D eigenvalue weighted by atomic mass is 10.1. The van der Waals surface area contributed by atoms with Crippen molar-refractivity contribution in [2.45, 2.75) is 0 Å². The van der Waals surface area contributed by atoms with E-state index >= 15 is 0 Å². The van der Waals surface area contributed by atoms with Crippen LogP contribution in [-0.2, 0) is 10.0 Å². The van der Waals surface area contributed by atoms with Crippen LogP contribution in [-0.4, -0.2) is 20.6 Å². The lowest BCUT2D eigenvalue weighted by Gasteiger charge is -2.11. The van der Waals surface area contributed by atoms with Gasteiger partial charge in [-0.2, -0.15) is 5.26 Å². The average molecular weight is 350 g/mol. The van der Waals surface area contributed by atoms with Crippen LogP contribution in [0.1, 0.15) is 15.9 Å². The van der Waals surface area contributed by atoms with Gasteiger partial charge in [0.1, 0.15) is 0 Å². The van der Waals surface area contributed by atoms with Gasteiger partial charge in [-0.3, -0.25) is 9.52 Å². The van der Waals surface area contributed by atoms with E-state index in [4.69, 9.17) is 16.9 Å². The van der Waals surface area contributed by atoms with Gasteiger partial charge in [0.05, 0.1) is 29.1 Å². The molecule has 0 saturated heterocycles. The average Bonchev–Trinajstić information content (AvgIpc) is 2.48. The van der Waals surface area contributed by atoms with Gasteiger partial charge in [-0.1, -0.05) is 11.6 Å². The Morgan fingerprint density at radius 2 is 1.83 bits per heavy atom. The number of carbonyl (C=O) groups is 1. The summed E-state index contributed by atoms with van der Waals surface area (Å²) in [6.07, 6.45) is 0.990. The Morgan fingerprint density at radius 3 is 2.39 bits per heavy atom. The maximum atomic E-state index is 12.4. The van der Waals surface area contributed by atoms with Crippen molar-refractivity contribution < 1.29 is 13.2 Å². The van der Waals surface area contributed by atoms with Crippen LogP contribution in [0.3, 0.4) is 0 Å². The fourth-order valence-electron chi connectivity index (χ4n) is 1.82. The van der Waals surface area contributed by atoms with Crippen molar-refractivity contribution in [2.24, 2.45) is 0 Å². The molecule has 2 aromatic carbocycles. The fraction of sp³-hybridized carbons (Fsp3) is 0.0667. The number of carbonyl (C=O) groups excluding carboxylic acids is 1. The minimum absolute atomic E-state index is 0.0901. The zero-order valence-electron chi connectivity index (χ0n) is 12.0. The van der Waals surface area contributed by atoms with E-state index in [1.165, 1.54) is 18.2 Å². The smallest absolute Gasteiger partial charge is 0.257 e. The van der Waals surface area contributed by atoms with Crippen LogP contribution >= 0.6 is 11.6 Å². The molecule has 1 amide bonds. The number of amides is 1. The van der Waals surface area contributed by atoms with Crippen molar-refractivity contribution in [2.75, 3.05) is 16.3 Å². The Kier molecular flexibility index (Phi) is 4.89. The van der Waals surface area contributed by atoms with Gasteiger partial charge in [0.25, 0.3) is 5.91 Å². The molecule has 0 radical (unpaired) electrons. The molecule has 2 rings (SSSR count). The van der Waals surface area contributed by atoms with Crippen LogP contribution in [0.15, 0.2) is 42.5 Å². The summed E-state index contributed by atoms with van der Waals surface area (Å²) in [4.78, 5) is 12.4. The molecule has 0 unspecified atom stereocenters. The highest BCUT2D eigenvalue weighted by molar-refractivity contribution is 7.92. The summed E-state index contributed by atoms with van der Waals surface area (Å²) in [7, 11) is -3.54. The number of nitriles is 1. The van der Waals surface area contributed by atoms with E-state index in [2.05, 4.69) is 10.0 Å². The second-order valence-corrected chi connectivity index (χ2v) is 6.89. The monoisotopic (exact) mass is 349 g/mol. The molecule has 23 heavy (non-hydrogen) atoms. The van der Waals surface area contributed by atoms with Crippen LogP contribution in [0.5, 0.6) is 0 Å². The Hall–Kier alpha value is -2.56. The molecule has 0 fully saturated rings. The van der Waals surface area contributed by atoms with E-state index in [0.29, 0.717) is 16.3 Å². The largest absolute Gasteiger partial charge is 0.322 e. The molecule has 0 bridgehead atoms. The highest BCUT2D eigenvalue weighted by atomic mass is 35.5. The number of sulfonamides is 1. The molecule has 0 aliphatic heterocycles. The number of anilines is 2. The Balaban J connectivity index is 2.30. The van der Waals surface area contributed by atoms with Crippen LogP contribution in [0.25, 0.3) is 0 Å². The van der Waals surface area contributed by atoms with E-state index in [1.807, 2.05) is 6.07 Å². The fourth-order valence-corrected chi connectivity index (χ4v) is 2.57. The van der Waals surface area contributed by atoms with E-state index in [1.54, 1.807) is 24.3 Å². The summed E-state index contributed by atoms with van der Waals surface area (Å²) in [6.45, 7) is 0. The lowest BCUT2D eigenvalue weighted by molar-refractivity contribution is 0.102. The highest BCUT2D eigenvalue weighted by Crippen LogP contribution is 2.23. The summed E-state index contributed by atoms with van der Waals surface area (Å²) in [5.74, 6) is -0.525. The van der Waals surface area contributed by atoms with Gasteiger partial charge in [-0.05, 0) is 42.5 Å². The summed E-state index contributed by atoms with van der Waals surface area (Å²) >= 11 is 5.88. The number of benzene rings is 2. The lowest BCUT2D eigenvalue weighted by Crippen LogP contribution is -2.17. The van der Waals surface area contributed by atoms with Gasteiger partial charge >= 0.3 is 0 Å². The predicted octanol–water partition coefficient (Wildman–Crippen LogP) is 2.84. The van der Waals surface area contributed by atoms with Crippen molar-refractivity contribution >= 4 is 38.9 Å². The molecule has 0 aliphatic rings. The van der Waals surface area contributed by atoms with Gasteiger partial charge in [-0.15, -0.1) is 0 Å². The number of nitrogens with zero attached hydrogens (tertiary/aromatic N) is 1. The van der Waals surface area contributed by atoms with Gasteiger partial charge in [-0.25, -0.2) is 8.42 Å². The zero-order valence-corrected chi connectivity index (χ0v) is 13.6. The van der Waals surface area contributed by atoms with Crippen molar-refractivity contribution in [3.8, 4) is 6.07 Å². The Bertz CT molecular complexity index is 887. The van der Waals surface area contributed by atoms with Crippen molar-refractivity contribution in [3.05, 3.63) is 58.6 Å². The summed E-state index contributed by atoms with van der Waals surface area (Å²) in [5, 5.41) is 11.7. The number of hydrogen-bond donors (Lipinski definition) is 2. The normalized spacial score (nSPS) is 10.7. The molecule has 8 heteroatoms. The SMILES string of the molecule is CS(=O)(=O)Nc1ccc(Cl)cc1C(=O)Nc1ccc(C#N)cc1. The standard InChI is InChI=1S/C15H12ClN3O3S/c1-23(21,22)19-14-7-4-11(16)8-13(14)15(20)18-12-5-2-10(9-17)3-6-12/h2-8,19H,1H3,(H,18,20). The van der Waals surface area contributed by atoms with Gasteiger partial charge < -0.3 is 5.32 Å². The quantitative estimate of drug-likeness (QED) is 0.886. The molecule has 0 spiro atoms. The molecule has 118 valence electrons. The minimum atomic E-state index is -3.54. The highest BCUT2D eigenvalue weighted by Gasteiger charge is 2.15. The van der Waals surface area contributed by atoms with Crippen molar-refractivity contribution in [3.63, 3.8) is 0 Å². The van der Waals surface area contributed by atoms with E-state index in [0.717, 1.165) is 6.26 Å². The molecule has 0 atom stereocenters. The van der Waals surface area contributed by atoms with Crippen molar-refractivity contribution in [1.82, 2.24) is 0 Å². The number of hydrogen-bond acceptors (Lipinski definition) is 4. The van der Waals surface area contributed by atoms with Crippen LogP contribution < -0.4 is 10.0 Å². The molecule has 0 heterocycles. The summed E-state index contributed by atoms with van der Waals surface area (Å²) in [5.41, 5.74) is 1.15. The molecule has 2 aromatic rings. The first-order chi connectivity index (χ1) is 10.8. The third kappa shape index (κ3) is 4.71. The molecule has 6 nitrogen and oxygen atoms in total. The number of rotatable bonds is 4. The first kappa shape index (κ1) is 16.8. The summed E-state index contributed by atoms with van der Waals surface area (Å²) in [6, 6.07) is 12.5. The Labute approximate surface area is 138 Å². The number of halogens is 1. The predicted molar refractivity (Wildman–Crippen MR) is 89.0 cm³/mol. The topological polar surface area (TPSA) is 99.1 Å². The van der Waals surface area contributed by atoms with Gasteiger partial charge in [0.2, 0.25) is 10.0 Å². The molecular weight excluding hydrogens is 338 g/mol. The summed E-state index contributed by atoms with van der Waals surface area (Å²) < 4.78 is 25.0.